The largest absolute Gasteiger partial charge is 0.355 e. The van der Waals surface area contributed by atoms with E-state index in [1.165, 1.54) is 0 Å². The third-order valence-electron chi connectivity index (χ3n) is 1.16. The number of carbonyl (C=O) groups excluding carboxylic acids is 2. The van der Waals surface area contributed by atoms with Gasteiger partial charge in [-0.25, -0.2) is 0 Å². The molecule has 0 unspecified atom stereocenters. The fraction of sp³-hybridized carbons (Fsp3) is 0.714. The fourth-order valence-electron chi connectivity index (χ4n) is 0.662. The van der Waals surface area contributed by atoms with Gasteiger partial charge in [-0.05, 0) is 14.0 Å². The molecular formula is C7H15N3O2. The Morgan fingerprint density at radius 1 is 1.08 bits per heavy atom. The molecule has 0 spiro atoms. The standard InChI is InChI=1S/C7H15N3O2/c1-3-9-7(12)5-10-6(11)4-8-2/h8H,3-5H2,1-2H3,(H,9,12)(H,10,11). The third-order valence-corrected chi connectivity index (χ3v) is 1.16. The average molecular weight is 173 g/mol. The summed E-state index contributed by atoms with van der Waals surface area (Å²) in [6, 6.07) is 0. The summed E-state index contributed by atoms with van der Waals surface area (Å²) in [5.74, 6) is -0.342. The minimum absolute atomic E-state index is 0.0500. The Morgan fingerprint density at radius 2 is 1.67 bits per heavy atom. The third kappa shape index (κ3) is 5.67. The Bertz CT molecular complexity index is 141. The summed E-state index contributed by atoms with van der Waals surface area (Å²) in [6.45, 7) is 2.70. The SMILES string of the molecule is CCNC(=O)CNC(=O)CNC. The summed E-state index contributed by atoms with van der Waals surface area (Å²) in [5, 5.41) is 7.70. The molecule has 0 saturated carbocycles. The number of likely N-dealkylation sites (N-methyl/N-ethyl adjacent to an activating group) is 2. The van der Waals surface area contributed by atoms with Gasteiger partial charge in [-0.3, -0.25) is 9.59 Å². The lowest BCUT2D eigenvalue weighted by Gasteiger charge is -2.03. The zero-order chi connectivity index (χ0) is 9.40. The molecule has 0 saturated heterocycles. The highest BCUT2D eigenvalue weighted by Gasteiger charge is 2.01. The predicted octanol–water partition coefficient (Wildman–Crippen LogP) is -1.54. The number of hydrogen-bond donors (Lipinski definition) is 3. The van der Waals surface area contributed by atoms with Crippen molar-refractivity contribution in [2.45, 2.75) is 6.92 Å². The number of amides is 2. The first-order valence-electron chi connectivity index (χ1n) is 3.88. The maximum atomic E-state index is 10.8. The molecule has 0 aromatic rings. The summed E-state index contributed by atoms with van der Waals surface area (Å²) in [5.41, 5.74) is 0. The second kappa shape index (κ2) is 6.60. The van der Waals surface area contributed by atoms with E-state index in [0.29, 0.717) is 6.54 Å². The van der Waals surface area contributed by atoms with Gasteiger partial charge in [0.25, 0.3) is 0 Å². The zero-order valence-electron chi connectivity index (χ0n) is 7.44. The van der Waals surface area contributed by atoms with Crippen LogP contribution in [0.4, 0.5) is 0 Å². The van der Waals surface area contributed by atoms with Gasteiger partial charge in [0.2, 0.25) is 11.8 Å². The van der Waals surface area contributed by atoms with Crippen molar-refractivity contribution in [2.24, 2.45) is 0 Å². The first-order valence-corrected chi connectivity index (χ1v) is 3.88. The molecule has 0 atom stereocenters. The first kappa shape index (κ1) is 10.9. The molecule has 5 nitrogen and oxygen atoms in total. The van der Waals surface area contributed by atoms with Crippen molar-refractivity contribution in [1.82, 2.24) is 16.0 Å². The maximum Gasteiger partial charge on any atom is 0.239 e. The van der Waals surface area contributed by atoms with Gasteiger partial charge < -0.3 is 16.0 Å². The zero-order valence-corrected chi connectivity index (χ0v) is 7.44. The van der Waals surface area contributed by atoms with Crippen LogP contribution in [0.2, 0.25) is 0 Å². The Morgan fingerprint density at radius 3 is 2.17 bits per heavy atom. The van der Waals surface area contributed by atoms with Crippen molar-refractivity contribution in [1.29, 1.82) is 0 Å². The summed E-state index contributed by atoms with van der Waals surface area (Å²) < 4.78 is 0. The van der Waals surface area contributed by atoms with E-state index >= 15 is 0 Å². The molecule has 0 aromatic heterocycles. The topological polar surface area (TPSA) is 70.2 Å². The van der Waals surface area contributed by atoms with Crippen LogP contribution in [0.25, 0.3) is 0 Å². The second-order valence-corrected chi connectivity index (χ2v) is 2.26. The van der Waals surface area contributed by atoms with Crippen molar-refractivity contribution in [3.8, 4) is 0 Å². The monoisotopic (exact) mass is 173 g/mol. The van der Waals surface area contributed by atoms with E-state index < -0.39 is 0 Å². The van der Waals surface area contributed by atoms with Crippen LogP contribution in [-0.2, 0) is 9.59 Å². The van der Waals surface area contributed by atoms with Gasteiger partial charge in [0.1, 0.15) is 0 Å². The first-order chi connectivity index (χ1) is 5.70. The Labute approximate surface area is 71.9 Å². The van der Waals surface area contributed by atoms with E-state index in [9.17, 15) is 9.59 Å². The van der Waals surface area contributed by atoms with Crippen molar-refractivity contribution >= 4 is 11.8 Å². The molecule has 12 heavy (non-hydrogen) atoms. The molecule has 0 radical (unpaired) electrons. The van der Waals surface area contributed by atoms with Crippen LogP contribution in [0.15, 0.2) is 0 Å². The molecule has 0 fully saturated rings. The summed E-state index contributed by atoms with van der Waals surface area (Å²) in [7, 11) is 1.67. The normalized spacial score (nSPS) is 9.17. The van der Waals surface area contributed by atoms with Gasteiger partial charge in [-0.15, -0.1) is 0 Å². The van der Waals surface area contributed by atoms with E-state index in [-0.39, 0.29) is 24.9 Å². The number of carbonyl (C=O) groups is 2. The molecule has 0 aliphatic heterocycles. The maximum absolute atomic E-state index is 10.8. The average Bonchev–Trinajstić information content (AvgIpc) is 2.02. The van der Waals surface area contributed by atoms with E-state index in [0.717, 1.165) is 0 Å². The van der Waals surface area contributed by atoms with E-state index in [1.54, 1.807) is 7.05 Å². The number of nitrogens with one attached hydrogen (secondary N) is 3. The van der Waals surface area contributed by atoms with Crippen LogP contribution in [0.1, 0.15) is 6.92 Å². The molecule has 0 aliphatic carbocycles. The molecule has 3 N–H and O–H groups in total. The van der Waals surface area contributed by atoms with Gasteiger partial charge in [0.15, 0.2) is 0 Å². The molecule has 0 heterocycles. The second-order valence-electron chi connectivity index (χ2n) is 2.26. The summed E-state index contributed by atoms with van der Waals surface area (Å²) in [6.07, 6.45) is 0. The van der Waals surface area contributed by atoms with Gasteiger partial charge in [-0.2, -0.15) is 0 Å². The van der Waals surface area contributed by atoms with Gasteiger partial charge >= 0.3 is 0 Å². The minimum atomic E-state index is -0.177. The van der Waals surface area contributed by atoms with Crippen LogP contribution < -0.4 is 16.0 Å². The minimum Gasteiger partial charge on any atom is -0.355 e. The van der Waals surface area contributed by atoms with Crippen LogP contribution in [-0.4, -0.2) is 38.5 Å². The van der Waals surface area contributed by atoms with E-state index in [2.05, 4.69) is 16.0 Å². The van der Waals surface area contributed by atoms with Crippen molar-refractivity contribution in [3.63, 3.8) is 0 Å². The van der Waals surface area contributed by atoms with Crippen LogP contribution in [0.3, 0.4) is 0 Å². The fourth-order valence-corrected chi connectivity index (χ4v) is 0.662. The highest BCUT2D eigenvalue weighted by molar-refractivity contribution is 5.85. The smallest absolute Gasteiger partial charge is 0.239 e. The highest BCUT2D eigenvalue weighted by atomic mass is 16.2. The molecule has 2 amide bonds. The molecule has 0 aliphatic rings. The van der Waals surface area contributed by atoms with Crippen molar-refractivity contribution < 1.29 is 9.59 Å². The van der Waals surface area contributed by atoms with Crippen LogP contribution in [0, 0.1) is 0 Å². The van der Waals surface area contributed by atoms with E-state index in [4.69, 9.17) is 0 Å². The van der Waals surface area contributed by atoms with Crippen molar-refractivity contribution in [2.75, 3.05) is 26.7 Å². The highest BCUT2D eigenvalue weighted by Crippen LogP contribution is 1.65. The van der Waals surface area contributed by atoms with Gasteiger partial charge in [-0.1, -0.05) is 0 Å². The Kier molecular flexibility index (Phi) is 6.00. The Balaban J connectivity index is 3.40. The lowest BCUT2D eigenvalue weighted by atomic mass is 10.5. The molecule has 0 aromatic carbocycles. The Hall–Kier alpha value is -1.10. The lowest BCUT2D eigenvalue weighted by Crippen LogP contribution is -2.39. The number of hydrogen-bond acceptors (Lipinski definition) is 3. The molecular weight excluding hydrogens is 158 g/mol. The van der Waals surface area contributed by atoms with E-state index in [1.807, 2.05) is 6.92 Å². The molecule has 5 heteroatoms. The summed E-state index contributed by atoms with van der Waals surface area (Å²) >= 11 is 0. The summed E-state index contributed by atoms with van der Waals surface area (Å²) in [4.78, 5) is 21.6. The predicted molar refractivity (Wildman–Crippen MR) is 45.6 cm³/mol. The molecule has 70 valence electrons. The number of rotatable bonds is 5. The molecule has 0 rings (SSSR count). The van der Waals surface area contributed by atoms with Gasteiger partial charge in [0, 0.05) is 6.54 Å². The lowest BCUT2D eigenvalue weighted by molar-refractivity contribution is -0.125. The molecule has 0 bridgehead atoms. The van der Waals surface area contributed by atoms with Crippen LogP contribution >= 0.6 is 0 Å². The van der Waals surface area contributed by atoms with Crippen LogP contribution in [0.5, 0.6) is 0 Å². The van der Waals surface area contributed by atoms with Gasteiger partial charge in [0.05, 0.1) is 13.1 Å². The van der Waals surface area contributed by atoms with Crippen molar-refractivity contribution in [3.05, 3.63) is 0 Å². The quantitative estimate of drug-likeness (QED) is 0.472.